The Bertz CT molecular complexity index is 4140. The Morgan fingerprint density at radius 2 is 0.718 bits per heavy atom. The van der Waals surface area contributed by atoms with Crippen molar-refractivity contribution in [1.29, 1.82) is 5.26 Å². The molecule has 0 bridgehead atoms. The van der Waals surface area contributed by atoms with E-state index in [2.05, 4.69) is 221 Å². The van der Waals surface area contributed by atoms with Gasteiger partial charge in [0, 0.05) is 32.7 Å². The molecule has 0 saturated heterocycles. The lowest BCUT2D eigenvalue weighted by atomic mass is 9.95. The molecule has 0 saturated carbocycles. The molecule has 0 aliphatic rings. The number of hydrogen-bond acceptors (Lipinski definition) is 1. The quantitative estimate of drug-likeness (QED) is 0.147. The van der Waals surface area contributed by atoms with Gasteiger partial charge in [-0.2, -0.15) is 18.4 Å². The molecule has 2 heterocycles. The van der Waals surface area contributed by atoms with Crippen molar-refractivity contribution in [3.8, 4) is 73.1 Å². The van der Waals surface area contributed by atoms with E-state index in [9.17, 15) is 18.4 Å². The number of benzene rings is 10. The summed E-state index contributed by atoms with van der Waals surface area (Å²) in [5.41, 5.74) is 21.6. The second-order valence-electron chi connectivity index (χ2n) is 21.2. The number of aryl methyl sites for hydroxylation is 8. The van der Waals surface area contributed by atoms with Crippen LogP contribution in [0.5, 0.6) is 0 Å². The van der Waals surface area contributed by atoms with Gasteiger partial charge in [-0.05, 0) is 170 Å². The van der Waals surface area contributed by atoms with Crippen LogP contribution in [0.4, 0.5) is 18.9 Å². The minimum atomic E-state index is -4.71. The molecule has 12 rings (SSSR count). The zero-order chi connectivity index (χ0) is 54.5. The second kappa shape index (κ2) is 18.7. The van der Waals surface area contributed by atoms with E-state index in [0.717, 1.165) is 145 Å². The predicted octanol–water partition coefficient (Wildman–Crippen LogP) is 20.1. The summed E-state index contributed by atoms with van der Waals surface area (Å²) in [6.45, 7) is 25.4. The minimum absolute atomic E-state index is 0.169. The Hall–Kier alpha value is -9.43. The SMILES string of the molecule is [C-]#[N+]c1cc(C(F)(F)F)ccc1-c1c(-n2c3cc(-c4ccc(C)cc4C)ccc3c3ccc(-c4ccc(C)cc4C)cc32)cc(C#N)cc1-n1c2cc(-c3ccc(C)cc3C)ccc2c2ccc(-c3ccc(C)cc3C)cc21. The van der Waals surface area contributed by atoms with Crippen molar-refractivity contribution in [2.24, 2.45) is 0 Å². The molecule has 2 aromatic heterocycles. The summed E-state index contributed by atoms with van der Waals surface area (Å²) in [5.74, 6) is 0. The molecule has 0 aliphatic heterocycles. The fourth-order valence-electron chi connectivity index (χ4n) is 12.1. The summed E-state index contributed by atoms with van der Waals surface area (Å²) in [6.07, 6.45) is -4.71. The monoisotopic (exact) mass is 1020 g/mol. The lowest BCUT2D eigenvalue weighted by Crippen LogP contribution is -2.07. The van der Waals surface area contributed by atoms with E-state index in [1.807, 2.05) is 12.1 Å². The van der Waals surface area contributed by atoms with E-state index in [1.54, 1.807) is 0 Å². The average molecular weight is 1020 g/mol. The maximum atomic E-state index is 14.8. The highest BCUT2D eigenvalue weighted by Crippen LogP contribution is 2.49. The summed E-state index contributed by atoms with van der Waals surface area (Å²) < 4.78 is 48.8. The summed E-state index contributed by atoms with van der Waals surface area (Å²) in [4.78, 5) is 3.91. The van der Waals surface area contributed by atoms with Gasteiger partial charge in [-0.1, -0.05) is 156 Å². The Labute approximate surface area is 452 Å². The molecule has 78 heavy (non-hydrogen) atoms. The number of halogens is 3. The number of nitriles is 1. The molecule has 4 nitrogen and oxygen atoms in total. The van der Waals surface area contributed by atoms with Gasteiger partial charge in [0.1, 0.15) is 0 Å². The van der Waals surface area contributed by atoms with Gasteiger partial charge in [-0.3, -0.25) is 0 Å². The number of fused-ring (bicyclic) bond motifs is 6. The van der Waals surface area contributed by atoms with Gasteiger partial charge in [-0.15, -0.1) is 0 Å². The standard InChI is InChI=1S/C71H53F3N4/c1-40-10-19-54(44(5)28-40)49-14-23-58-59-24-15-50(55-20-11-41(2)29-45(55)6)35-65(59)77(64(58)34-49)68-32-48(39-75)33-69(70(68)62-27-18-53(71(72,73)74)38-63(62)76-9)78-66-36-51(56-21-12-42(3)30-46(56)7)16-25-60(66)61-26-17-52(37-67(61)78)57-22-13-43(4)31-47(57)8/h10-38H,1-8H3. The fourth-order valence-corrected chi connectivity index (χ4v) is 12.1. The van der Waals surface area contributed by atoms with Crippen molar-refractivity contribution in [3.63, 3.8) is 0 Å². The number of hydrogen-bond donors (Lipinski definition) is 0. The van der Waals surface area contributed by atoms with Crippen molar-refractivity contribution in [1.82, 2.24) is 9.13 Å². The maximum Gasteiger partial charge on any atom is 0.415 e. The first-order valence-electron chi connectivity index (χ1n) is 26.1. The van der Waals surface area contributed by atoms with Gasteiger partial charge in [0.15, 0.2) is 5.69 Å². The third-order valence-electron chi connectivity index (χ3n) is 15.7. The molecule has 0 atom stereocenters. The van der Waals surface area contributed by atoms with Crippen LogP contribution in [0.1, 0.15) is 55.6 Å². The van der Waals surface area contributed by atoms with E-state index in [-0.39, 0.29) is 5.69 Å². The molecule has 12 aromatic rings. The molecule has 378 valence electrons. The van der Waals surface area contributed by atoms with Crippen LogP contribution in [0.3, 0.4) is 0 Å². The number of rotatable bonds is 7. The Balaban J connectivity index is 1.28. The molecular weight excluding hydrogens is 966 g/mol. The Kier molecular flexibility index (Phi) is 11.8. The van der Waals surface area contributed by atoms with E-state index in [0.29, 0.717) is 28.1 Å². The first kappa shape index (κ1) is 49.4. The molecule has 10 aromatic carbocycles. The second-order valence-corrected chi connectivity index (χ2v) is 21.2. The number of alkyl halides is 3. The van der Waals surface area contributed by atoms with Crippen molar-refractivity contribution in [3.05, 3.63) is 243 Å². The maximum absolute atomic E-state index is 14.8. The van der Waals surface area contributed by atoms with Gasteiger partial charge in [-0.25, -0.2) is 4.85 Å². The van der Waals surface area contributed by atoms with Gasteiger partial charge >= 0.3 is 6.18 Å². The van der Waals surface area contributed by atoms with Crippen LogP contribution in [0.15, 0.2) is 176 Å². The molecule has 0 spiro atoms. The zero-order valence-electron chi connectivity index (χ0n) is 44.7. The first-order valence-corrected chi connectivity index (χ1v) is 26.1. The van der Waals surface area contributed by atoms with Crippen LogP contribution in [0.2, 0.25) is 0 Å². The molecule has 0 unspecified atom stereocenters. The first-order chi connectivity index (χ1) is 37.5. The molecule has 7 heteroatoms. The van der Waals surface area contributed by atoms with E-state index in [1.165, 1.54) is 6.07 Å². The molecule has 0 amide bonds. The van der Waals surface area contributed by atoms with Crippen LogP contribution in [0.25, 0.3) is 115 Å². The highest BCUT2D eigenvalue weighted by Gasteiger charge is 2.33. The van der Waals surface area contributed by atoms with Gasteiger partial charge in [0.25, 0.3) is 0 Å². The minimum Gasteiger partial charge on any atom is -0.309 e. The third kappa shape index (κ3) is 8.31. The highest BCUT2D eigenvalue weighted by molar-refractivity contribution is 6.14. The molecule has 0 radical (unpaired) electrons. The van der Waals surface area contributed by atoms with Crippen LogP contribution in [-0.4, -0.2) is 9.13 Å². The normalized spacial score (nSPS) is 11.8. The van der Waals surface area contributed by atoms with Crippen LogP contribution < -0.4 is 0 Å². The topological polar surface area (TPSA) is 38.0 Å². The van der Waals surface area contributed by atoms with Crippen molar-refractivity contribution in [2.75, 3.05) is 0 Å². The Morgan fingerprint density at radius 1 is 0.397 bits per heavy atom. The number of nitrogens with zero attached hydrogens (tertiary/aromatic N) is 4. The lowest BCUT2D eigenvalue weighted by Gasteiger charge is -2.23. The van der Waals surface area contributed by atoms with Gasteiger partial charge in [0.2, 0.25) is 0 Å². The number of aromatic nitrogens is 2. The van der Waals surface area contributed by atoms with Crippen molar-refractivity contribution >= 4 is 49.3 Å². The average Bonchev–Trinajstić information content (AvgIpc) is 4.15. The fraction of sp³-hybridized carbons (Fsp3) is 0.127. The van der Waals surface area contributed by atoms with E-state index < -0.39 is 11.7 Å². The molecule has 0 N–H and O–H groups in total. The van der Waals surface area contributed by atoms with E-state index >= 15 is 0 Å². The smallest absolute Gasteiger partial charge is 0.309 e. The zero-order valence-corrected chi connectivity index (χ0v) is 44.7. The predicted molar refractivity (Wildman–Crippen MR) is 316 cm³/mol. The third-order valence-corrected chi connectivity index (χ3v) is 15.7. The summed E-state index contributed by atoms with van der Waals surface area (Å²) in [5, 5.41) is 15.2. The van der Waals surface area contributed by atoms with Crippen molar-refractivity contribution < 1.29 is 13.2 Å². The molecule has 0 fully saturated rings. The van der Waals surface area contributed by atoms with Crippen LogP contribution in [-0.2, 0) is 6.18 Å². The van der Waals surface area contributed by atoms with E-state index in [4.69, 9.17) is 6.57 Å². The highest BCUT2D eigenvalue weighted by atomic mass is 19.4. The van der Waals surface area contributed by atoms with Crippen molar-refractivity contribution in [2.45, 2.75) is 61.6 Å². The molecular formula is C71H53F3N4. The lowest BCUT2D eigenvalue weighted by molar-refractivity contribution is -0.137. The molecule has 0 aliphatic carbocycles. The largest absolute Gasteiger partial charge is 0.415 e. The summed E-state index contributed by atoms with van der Waals surface area (Å²) >= 11 is 0. The van der Waals surface area contributed by atoms with Crippen LogP contribution in [0, 0.1) is 73.3 Å². The Morgan fingerprint density at radius 3 is 1.00 bits per heavy atom. The van der Waals surface area contributed by atoms with Gasteiger partial charge < -0.3 is 9.13 Å². The van der Waals surface area contributed by atoms with Gasteiger partial charge in [0.05, 0.1) is 51.6 Å². The summed E-state index contributed by atoms with van der Waals surface area (Å²) in [7, 11) is 0. The summed E-state index contributed by atoms with van der Waals surface area (Å²) in [6, 6.07) is 61.3. The van der Waals surface area contributed by atoms with Crippen LogP contribution >= 0.6 is 0 Å².